The molecule has 5 nitrogen and oxygen atoms in total. The number of hydrogen-bond acceptors (Lipinski definition) is 4. The molecule has 6 heteroatoms. The minimum absolute atomic E-state index is 0.0580. The van der Waals surface area contributed by atoms with E-state index in [1.54, 1.807) is 11.3 Å². The summed E-state index contributed by atoms with van der Waals surface area (Å²) in [6.07, 6.45) is 0. The molecule has 24 heavy (non-hydrogen) atoms. The van der Waals surface area contributed by atoms with Crippen LogP contribution in [0.5, 0.6) is 5.75 Å². The van der Waals surface area contributed by atoms with Gasteiger partial charge in [0, 0.05) is 32.7 Å². The Morgan fingerprint density at radius 3 is 2.71 bits per heavy atom. The number of ether oxygens (including phenoxy) is 1. The Morgan fingerprint density at radius 1 is 1.21 bits per heavy atom. The lowest BCUT2D eigenvalue weighted by molar-refractivity contribution is 0.143. The highest BCUT2D eigenvalue weighted by Gasteiger charge is 2.21. The zero-order valence-electron chi connectivity index (χ0n) is 13.9. The molecule has 2 aromatic rings. The molecule has 1 fully saturated rings. The number of piperazine rings is 1. The van der Waals surface area contributed by atoms with Crippen molar-refractivity contribution in [2.24, 2.45) is 0 Å². The molecule has 1 aliphatic rings. The van der Waals surface area contributed by atoms with Gasteiger partial charge >= 0.3 is 6.03 Å². The van der Waals surface area contributed by atoms with E-state index in [1.165, 1.54) is 5.56 Å². The molecule has 1 aliphatic heterocycles. The average Bonchev–Trinajstić information content (AvgIpc) is 3.10. The molecule has 1 N–H and O–H groups in total. The molecule has 0 spiro atoms. The summed E-state index contributed by atoms with van der Waals surface area (Å²) in [6.45, 7) is 6.76. The minimum atomic E-state index is -0.0580. The number of nitrogens with zero attached hydrogens (tertiary/aromatic N) is 2. The first-order valence-electron chi connectivity index (χ1n) is 8.27. The molecule has 0 aliphatic carbocycles. The molecule has 1 saturated heterocycles. The summed E-state index contributed by atoms with van der Waals surface area (Å²) >= 11 is 1.73. The molecule has 1 aromatic heterocycles. The van der Waals surface area contributed by atoms with Crippen LogP contribution in [-0.4, -0.2) is 48.6 Å². The first-order chi connectivity index (χ1) is 11.8. The van der Waals surface area contributed by atoms with Crippen LogP contribution in [0.25, 0.3) is 0 Å². The van der Waals surface area contributed by atoms with E-state index < -0.39 is 0 Å². The summed E-state index contributed by atoms with van der Waals surface area (Å²) in [5.74, 6) is 0.712. The third-order valence-electron chi connectivity index (χ3n) is 4.07. The van der Waals surface area contributed by atoms with Crippen LogP contribution >= 0.6 is 11.3 Å². The molecular weight excluding hydrogens is 322 g/mol. The fourth-order valence-electron chi connectivity index (χ4n) is 2.80. The van der Waals surface area contributed by atoms with Gasteiger partial charge in [-0.1, -0.05) is 12.1 Å². The van der Waals surface area contributed by atoms with Crippen molar-refractivity contribution in [1.82, 2.24) is 9.80 Å². The van der Waals surface area contributed by atoms with Crippen molar-refractivity contribution < 1.29 is 9.53 Å². The predicted octanol–water partition coefficient (Wildman–Crippen LogP) is 3.50. The highest BCUT2D eigenvalue weighted by atomic mass is 32.1. The second-order valence-corrected chi connectivity index (χ2v) is 6.53. The molecule has 2 amide bonds. The summed E-state index contributed by atoms with van der Waals surface area (Å²) in [7, 11) is 0. The number of rotatable bonds is 5. The zero-order valence-corrected chi connectivity index (χ0v) is 14.7. The van der Waals surface area contributed by atoms with Crippen molar-refractivity contribution in [3.8, 4) is 5.75 Å². The maximum absolute atomic E-state index is 12.5. The molecule has 0 radical (unpaired) electrons. The van der Waals surface area contributed by atoms with Crippen LogP contribution in [0.15, 0.2) is 41.1 Å². The third kappa shape index (κ3) is 4.27. The smallest absolute Gasteiger partial charge is 0.322 e. The SMILES string of the molecule is CCOc1ccccc1NC(=O)N1CCN(Cc2ccsc2)CC1. The minimum Gasteiger partial charge on any atom is -0.492 e. The largest absolute Gasteiger partial charge is 0.492 e. The summed E-state index contributed by atoms with van der Waals surface area (Å²) in [4.78, 5) is 16.7. The third-order valence-corrected chi connectivity index (χ3v) is 4.81. The number of anilines is 1. The fourth-order valence-corrected chi connectivity index (χ4v) is 3.46. The Labute approximate surface area is 146 Å². The van der Waals surface area contributed by atoms with Crippen LogP contribution in [0.3, 0.4) is 0 Å². The lowest BCUT2D eigenvalue weighted by atomic mass is 10.2. The average molecular weight is 345 g/mol. The molecule has 0 unspecified atom stereocenters. The Bertz CT molecular complexity index is 652. The lowest BCUT2D eigenvalue weighted by Crippen LogP contribution is -2.49. The van der Waals surface area contributed by atoms with Crippen molar-refractivity contribution in [3.05, 3.63) is 46.7 Å². The van der Waals surface area contributed by atoms with Crippen LogP contribution in [0.1, 0.15) is 12.5 Å². The van der Waals surface area contributed by atoms with Crippen molar-refractivity contribution in [1.29, 1.82) is 0 Å². The summed E-state index contributed by atoms with van der Waals surface area (Å²) in [6, 6.07) is 9.65. The van der Waals surface area contributed by atoms with Crippen molar-refractivity contribution in [2.75, 3.05) is 38.1 Å². The van der Waals surface area contributed by atoms with Crippen molar-refractivity contribution in [2.45, 2.75) is 13.5 Å². The number of benzene rings is 1. The number of carbonyl (C=O) groups is 1. The Hall–Kier alpha value is -2.05. The van der Waals surface area contributed by atoms with E-state index in [4.69, 9.17) is 4.74 Å². The van der Waals surface area contributed by atoms with Gasteiger partial charge in [0.15, 0.2) is 0 Å². The number of urea groups is 1. The van der Waals surface area contributed by atoms with E-state index in [0.29, 0.717) is 12.4 Å². The lowest BCUT2D eigenvalue weighted by Gasteiger charge is -2.34. The van der Waals surface area contributed by atoms with Gasteiger partial charge < -0.3 is 15.0 Å². The van der Waals surface area contributed by atoms with Crippen molar-refractivity contribution >= 4 is 23.1 Å². The molecule has 128 valence electrons. The predicted molar refractivity (Wildman–Crippen MR) is 97.8 cm³/mol. The highest BCUT2D eigenvalue weighted by molar-refractivity contribution is 7.07. The second-order valence-electron chi connectivity index (χ2n) is 5.75. The zero-order chi connectivity index (χ0) is 16.8. The topological polar surface area (TPSA) is 44.8 Å². The van der Waals surface area contributed by atoms with Gasteiger partial charge in [-0.05, 0) is 41.4 Å². The number of nitrogens with one attached hydrogen (secondary N) is 1. The standard InChI is InChI=1S/C18H23N3O2S/c1-2-23-17-6-4-3-5-16(17)19-18(22)21-10-8-20(9-11-21)13-15-7-12-24-14-15/h3-7,12,14H,2,8-11,13H2,1H3,(H,19,22). The van der Waals surface area contributed by atoms with Crippen molar-refractivity contribution in [3.63, 3.8) is 0 Å². The van der Waals surface area contributed by atoms with Gasteiger partial charge in [-0.15, -0.1) is 0 Å². The molecular formula is C18H23N3O2S. The highest BCUT2D eigenvalue weighted by Crippen LogP contribution is 2.24. The molecule has 1 aromatic carbocycles. The maximum Gasteiger partial charge on any atom is 0.322 e. The molecule has 0 saturated carbocycles. The van der Waals surface area contributed by atoms with E-state index in [9.17, 15) is 4.79 Å². The first-order valence-corrected chi connectivity index (χ1v) is 9.21. The van der Waals surface area contributed by atoms with Gasteiger partial charge in [-0.2, -0.15) is 11.3 Å². The van der Waals surface area contributed by atoms with E-state index in [2.05, 4.69) is 27.0 Å². The Kier molecular flexibility index (Phi) is 5.72. The summed E-state index contributed by atoms with van der Waals surface area (Å²) < 4.78 is 5.56. The van der Waals surface area contributed by atoms with Gasteiger partial charge in [-0.3, -0.25) is 4.90 Å². The molecule has 3 rings (SSSR count). The van der Waals surface area contributed by atoms with Crippen LogP contribution < -0.4 is 10.1 Å². The number of amides is 2. The quantitative estimate of drug-likeness (QED) is 0.902. The van der Waals surface area contributed by atoms with Crippen LogP contribution in [-0.2, 0) is 6.54 Å². The fraction of sp³-hybridized carbons (Fsp3) is 0.389. The number of para-hydroxylation sites is 2. The summed E-state index contributed by atoms with van der Waals surface area (Å²) in [5.41, 5.74) is 2.08. The number of hydrogen-bond donors (Lipinski definition) is 1. The van der Waals surface area contributed by atoms with E-state index in [0.717, 1.165) is 38.4 Å². The Morgan fingerprint density at radius 2 is 2.00 bits per heavy atom. The van der Waals surface area contributed by atoms with Gasteiger partial charge in [0.25, 0.3) is 0 Å². The number of carbonyl (C=O) groups excluding carboxylic acids is 1. The second kappa shape index (κ2) is 8.17. The van der Waals surface area contributed by atoms with Gasteiger partial charge in [0.1, 0.15) is 5.75 Å². The van der Waals surface area contributed by atoms with E-state index in [1.807, 2.05) is 36.1 Å². The molecule has 2 heterocycles. The monoisotopic (exact) mass is 345 g/mol. The van der Waals surface area contributed by atoms with E-state index in [-0.39, 0.29) is 6.03 Å². The Balaban J connectivity index is 1.52. The maximum atomic E-state index is 12.5. The molecule has 0 atom stereocenters. The van der Waals surface area contributed by atoms with Crippen LogP contribution in [0.4, 0.5) is 10.5 Å². The van der Waals surface area contributed by atoms with Gasteiger partial charge in [-0.25, -0.2) is 4.79 Å². The number of thiophene rings is 1. The van der Waals surface area contributed by atoms with Crippen LogP contribution in [0.2, 0.25) is 0 Å². The van der Waals surface area contributed by atoms with Gasteiger partial charge in [0.2, 0.25) is 0 Å². The van der Waals surface area contributed by atoms with Gasteiger partial charge in [0.05, 0.1) is 12.3 Å². The van der Waals surface area contributed by atoms with E-state index >= 15 is 0 Å². The first kappa shape index (κ1) is 16.8. The molecule has 0 bridgehead atoms. The normalized spacial score (nSPS) is 15.3. The summed E-state index contributed by atoms with van der Waals surface area (Å²) in [5, 5.41) is 7.26. The van der Waals surface area contributed by atoms with Crippen LogP contribution in [0, 0.1) is 0 Å².